The molecular formula is C21H28N6OS. The molecule has 0 aliphatic rings. The number of hydrogen-bond acceptors (Lipinski definition) is 7. The minimum Gasteiger partial charge on any atom is -0.351 e. The molecule has 0 aromatic carbocycles. The summed E-state index contributed by atoms with van der Waals surface area (Å²) in [4.78, 5) is 27.2. The second-order valence-electron chi connectivity index (χ2n) is 6.94. The van der Waals surface area contributed by atoms with Gasteiger partial charge in [0.2, 0.25) is 5.95 Å². The second-order valence-corrected chi connectivity index (χ2v) is 8.19. The molecule has 3 rings (SSSR count). The molecule has 1 atom stereocenters. The molecule has 3 N–H and O–H groups in total. The van der Waals surface area contributed by atoms with Gasteiger partial charge < -0.3 is 16.0 Å². The molecule has 0 saturated carbocycles. The number of pyridine rings is 1. The predicted octanol–water partition coefficient (Wildman–Crippen LogP) is 3.69. The number of aromatic nitrogens is 3. The maximum absolute atomic E-state index is 12.8. The zero-order valence-electron chi connectivity index (χ0n) is 17.2. The Morgan fingerprint density at radius 2 is 2.07 bits per heavy atom. The van der Waals surface area contributed by atoms with Crippen LogP contribution in [0.15, 0.2) is 30.6 Å². The van der Waals surface area contributed by atoms with E-state index in [9.17, 15) is 4.79 Å². The Kier molecular flexibility index (Phi) is 7.48. The molecule has 8 heteroatoms. The smallest absolute Gasteiger partial charge is 0.271 e. The van der Waals surface area contributed by atoms with Gasteiger partial charge in [0.05, 0.1) is 16.3 Å². The van der Waals surface area contributed by atoms with Gasteiger partial charge in [0.25, 0.3) is 5.91 Å². The Balaban J connectivity index is 1.74. The average Bonchev–Trinajstić information content (AvgIpc) is 3.10. The van der Waals surface area contributed by atoms with Gasteiger partial charge >= 0.3 is 0 Å². The predicted molar refractivity (Wildman–Crippen MR) is 119 cm³/mol. The lowest BCUT2D eigenvalue weighted by atomic mass is 10.1. The minimum atomic E-state index is -0.153. The van der Waals surface area contributed by atoms with Crippen molar-refractivity contribution in [2.75, 3.05) is 25.0 Å². The number of anilines is 1. The van der Waals surface area contributed by atoms with E-state index in [0.717, 1.165) is 46.6 Å². The van der Waals surface area contributed by atoms with Crippen LogP contribution in [-0.4, -0.2) is 40.5 Å². The summed E-state index contributed by atoms with van der Waals surface area (Å²) in [5.74, 6) is 0.295. The number of nitrogens with zero attached hydrogens (tertiary/aromatic N) is 3. The first-order valence-electron chi connectivity index (χ1n) is 10.0. The van der Waals surface area contributed by atoms with Crippen molar-refractivity contribution in [3.8, 4) is 0 Å². The Labute approximate surface area is 175 Å². The fourth-order valence-electron chi connectivity index (χ4n) is 3.01. The van der Waals surface area contributed by atoms with Gasteiger partial charge in [0.1, 0.15) is 0 Å². The summed E-state index contributed by atoms with van der Waals surface area (Å²) in [6, 6.07) is 5.87. The molecule has 0 bridgehead atoms. The summed E-state index contributed by atoms with van der Waals surface area (Å²) < 4.78 is 0.826. The number of amides is 1. The van der Waals surface area contributed by atoms with Crippen molar-refractivity contribution in [1.82, 2.24) is 25.6 Å². The van der Waals surface area contributed by atoms with E-state index in [4.69, 9.17) is 0 Å². The monoisotopic (exact) mass is 412 g/mol. The van der Waals surface area contributed by atoms with E-state index in [1.807, 2.05) is 38.2 Å². The highest BCUT2D eigenvalue weighted by molar-refractivity contribution is 7.19. The lowest BCUT2D eigenvalue weighted by Crippen LogP contribution is -2.27. The van der Waals surface area contributed by atoms with Crippen LogP contribution in [0.25, 0.3) is 10.2 Å². The van der Waals surface area contributed by atoms with Gasteiger partial charge in [-0.2, -0.15) is 0 Å². The number of rotatable bonds is 10. The van der Waals surface area contributed by atoms with Crippen molar-refractivity contribution in [1.29, 1.82) is 0 Å². The fourth-order valence-corrected chi connectivity index (χ4v) is 3.95. The normalized spacial score (nSPS) is 12.1. The number of nitrogens with one attached hydrogen (secondary N) is 3. The van der Waals surface area contributed by atoms with Gasteiger partial charge in [-0.1, -0.05) is 13.0 Å². The zero-order valence-corrected chi connectivity index (χ0v) is 18.0. The van der Waals surface area contributed by atoms with Crippen LogP contribution in [0.3, 0.4) is 0 Å². The van der Waals surface area contributed by atoms with Gasteiger partial charge in [-0.25, -0.2) is 9.97 Å². The fraction of sp³-hybridized carbons (Fsp3) is 0.429. The van der Waals surface area contributed by atoms with Crippen LogP contribution in [0, 0.1) is 6.92 Å². The molecule has 3 heterocycles. The quantitative estimate of drug-likeness (QED) is 0.440. The lowest BCUT2D eigenvalue weighted by molar-refractivity contribution is 0.0950. The summed E-state index contributed by atoms with van der Waals surface area (Å²) in [7, 11) is 0. The van der Waals surface area contributed by atoms with Crippen molar-refractivity contribution in [2.24, 2.45) is 0 Å². The Morgan fingerprint density at radius 3 is 2.83 bits per heavy atom. The summed E-state index contributed by atoms with van der Waals surface area (Å²) in [6.45, 7) is 8.69. The standard InChI is InChI=1S/C21H28N6OS/c1-4-22-9-5-6-11-24-20(28)18-19-17(12-14(2)29-19)26-21(27-18)25-15(3)16-8-7-10-23-13-16/h7-8,10,12-13,15,22H,4-6,9,11H2,1-3H3,(H,24,28)(H,25,26,27). The maximum atomic E-state index is 12.8. The molecule has 0 aliphatic heterocycles. The van der Waals surface area contributed by atoms with Crippen molar-refractivity contribution >= 4 is 33.4 Å². The van der Waals surface area contributed by atoms with Gasteiger partial charge in [-0.3, -0.25) is 9.78 Å². The van der Waals surface area contributed by atoms with Gasteiger partial charge in [0, 0.05) is 23.8 Å². The number of unbranched alkanes of at least 4 members (excludes halogenated alkanes) is 1. The lowest BCUT2D eigenvalue weighted by Gasteiger charge is -2.14. The Hall–Kier alpha value is -2.58. The average molecular weight is 413 g/mol. The van der Waals surface area contributed by atoms with Crippen LogP contribution in [0.4, 0.5) is 5.95 Å². The molecule has 7 nitrogen and oxygen atoms in total. The molecule has 0 fully saturated rings. The van der Waals surface area contributed by atoms with Crippen LogP contribution in [0.5, 0.6) is 0 Å². The molecule has 1 amide bonds. The van der Waals surface area contributed by atoms with E-state index < -0.39 is 0 Å². The van der Waals surface area contributed by atoms with Crippen molar-refractivity contribution in [3.05, 3.63) is 46.7 Å². The van der Waals surface area contributed by atoms with Gasteiger partial charge in [-0.05, 0) is 57.5 Å². The van der Waals surface area contributed by atoms with Gasteiger partial charge in [0.15, 0.2) is 5.69 Å². The zero-order chi connectivity index (χ0) is 20.6. The first-order chi connectivity index (χ1) is 14.1. The molecule has 0 radical (unpaired) electrons. The number of carbonyl (C=O) groups excluding carboxylic acids is 1. The summed E-state index contributed by atoms with van der Waals surface area (Å²) in [5, 5.41) is 9.59. The minimum absolute atomic E-state index is 0.0251. The van der Waals surface area contributed by atoms with E-state index in [1.54, 1.807) is 17.5 Å². The first kappa shape index (κ1) is 21.1. The summed E-state index contributed by atoms with van der Waals surface area (Å²) >= 11 is 1.55. The van der Waals surface area contributed by atoms with E-state index in [0.29, 0.717) is 18.2 Å². The number of fused-ring (bicyclic) bond motifs is 1. The van der Waals surface area contributed by atoms with Crippen molar-refractivity contribution in [2.45, 2.75) is 39.7 Å². The van der Waals surface area contributed by atoms with Crippen molar-refractivity contribution < 1.29 is 4.79 Å². The Bertz CT molecular complexity index is 943. The number of hydrogen-bond donors (Lipinski definition) is 3. The van der Waals surface area contributed by atoms with E-state index >= 15 is 0 Å². The van der Waals surface area contributed by atoms with Crippen LogP contribution in [0.1, 0.15) is 53.7 Å². The van der Waals surface area contributed by atoms with Crippen molar-refractivity contribution in [3.63, 3.8) is 0 Å². The van der Waals surface area contributed by atoms with Gasteiger partial charge in [-0.15, -0.1) is 11.3 Å². The van der Waals surface area contributed by atoms with E-state index in [2.05, 4.69) is 37.8 Å². The molecule has 3 aromatic heterocycles. The van der Waals surface area contributed by atoms with Crippen LogP contribution in [0.2, 0.25) is 0 Å². The number of carbonyl (C=O) groups is 1. The topological polar surface area (TPSA) is 91.8 Å². The molecule has 154 valence electrons. The highest BCUT2D eigenvalue weighted by atomic mass is 32.1. The highest BCUT2D eigenvalue weighted by Crippen LogP contribution is 2.28. The number of aryl methyl sites for hydroxylation is 1. The first-order valence-corrected chi connectivity index (χ1v) is 10.8. The molecule has 0 spiro atoms. The van der Waals surface area contributed by atoms with E-state index in [1.165, 1.54) is 0 Å². The molecule has 3 aromatic rings. The molecule has 0 aliphatic carbocycles. The summed E-state index contributed by atoms with van der Waals surface area (Å²) in [6.07, 6.45) is 5.51. The third-order valence-corrected chi connectivity index (χ3v) is 5.60. The highest BCUT2D eigenvalue weighted by Gasteiger charge is 2.18. The summed E-state index contributed by atoms with van der Waals surface area (Å²) in [5.41, 5.74) is 2.26. The maximum Gasteiger partial charge on any atom is 0.271 e. The van der Waals surface area contributed by atoms with Crippen LogP contribution < -0.4 is 16.0 Å². The molecule has 0 saturated heterocycles. The third-order valence-electron chi connectivity index (χ3n) is 4.56. The molecular weight excluding hydrogens is 384 g/mol. The SMILES string of the molecule is CCNCCCCNC(=O)c1nc(NC(C)c2cccnc2)nc2cc(C)sc12. The van der Waals surface area contributed by atoms with E-state index in [-0.39, 0.29) is 11.9 Å². The largest absolute Gasteiger partial charge is 0.351 e. The second kappa shape index (κ2) is 10.3. The Morgan fingerprint density at radius 1 is 1.24 bits per heavy atom. The molecule has 29 heavy (non-hydrogen) atoms. The molecule has 1 unspecified atom stereocenters. The number of thiophene rings is 1. The third kappa shape index (κ3) is 5.71. The van der Waals surface area contributed by atoms with Crippen LogP contribution in [-0.2, 0) is 0 Å². The van der Waals surface area contributed by atoms with Crippen LogP contribution >= 0.6 is 11.3 Å².